The number of aromatic nitrogens is 3. The van der Waals surface area contributed by atoms with Gasteiger partial charge in [-0.3, -0.25) is 9.89 Å². The van der Waals surface area contributed by atoms with E-state index in [1.54, 1.807) is 6.92 Å². The van der Waals surface area contributed by atoms with Crippen LogP contribution in [0.3, 0.4) is 0 Å². The molecule has 2 aromatic heterocycles. The van der Waals surface area contributed by atoms with Crippen LogP contribution in [0.25, 0.3) is 0 Å². The number of carbonyl (C=O) groups is 1. The number of amides is 1. The molecule has 0 radical (unpaired) electrons. The molecular weight excluding hydrogens is 256 g/mol. The Kier molecular flexibility index (Phi) is 3.92. The van der Waals surface area contributed by atoms with Crippen molar-refractivity contribution >= 4 is 5.91 Å². The Hall–Kier alpha value is -2.11. The number of nitrogens with one attached hydrogen (secondary N) is 2. The molecule has 108 valence electrons. The van der Waals surface area contributed by atoms with Crippen LogP contribution in [0.4, 0.5) is 0 Å². The molecular formula is C14H20N4O2. The van der Waals surface area contributed by atoms with Gasteiger partial charge in [-0.1, -0.05) is 6.92 Å². The lowest BCUT2D eigenvalue weighted by Gasteiger charge is -2.13. The van der Waals surface area contributed by atoms with Gasteiger partial charge in [0.15, 0.2) is 5.89 Å². The third-order valence-corrected chi connectivity index (χ3v) is 3.32. The van der Waals surface area contributed by atoms with E-state index >= 15 is 0 Å². The van der Waals surface area contributed by atoms with Gasteiger partial charge in [0, 0.05) is 17.7 Å². The molecule has 0 bridgehead atoms. The highest BCUT2D eigenvalue weighted by Gasteiger charge is 2.21. The fourth-order valence-electron chi connectivity index (χ4n) is 2.35. The molecule has 1 amide bonds. The maximum absolute atomic E-state index is 12.2. The van der Waals surface area contributed by atoms with Crippen molar-refractivity contribution in [2.45, 2.75) is 47.1 Å². The third kappa shape index (κ3) is 2.59. The topological polar surface area (TPSA) is 83.8 Å². The molecule has 0 aliphatic carbocycles. The first-order chi connectivity index (χ1) is 9.43. The third-order valence-electron chi connectivity index (χ3n) is 3.32. The summed E-state index contributed by atoms with van der Waals surface area (Å²) >= 11 is 0. The van der Waals surface area contributed by atoms with Crippen LogP contribution in [0.15, 0.2) is 4.42 Å². The van der Waals surface area contributed by atoms with Crippen LogP contribution in [0.2, 0.25) is 0 Å². The number of nitrogens with zero attached hydrogens (tertiary/aromatic N) is 2. The first kappa shape index (κ1) is 14.3. The number of hydrogen-bond donors (Lipinski definition) is 2. The fraction of sp³-hybridized carbons (Fsp3) is 0.500. The van der Waals surface area contributed by atoms with Gasteiger partial charge in [0.25, 0.3) is 5.91 Å². The molecule has 0 aromatic carbocycles. The van der Waals surface area contributed by atoms with Crippen LogP contribution < -0.4 is 5.32 Å². The summed E-state index contributed by atoms with van der Waals surface area (Å²) in [5.74, 6) is 0.616. The summed E-state index contributed by atoms with van der Waals surface area (Å²) in [6.45, 7) is 9.49. The summed E-state index contributed by atoms with van der Waals surface area (Å²) in [7, 11) is 0. The molecule has 2 heterocycles. The minimum Gasteiger partial charge on any atom is -0.435 e. The number of hydrogen-bond acceptors (Lipinski definition) is 4. The van der Waals surface area contributed by atoms with Crippen molar-refractivity contribution in [2.24, 2.45) is 0 Å². The summed E-state index contributed by atoms with van der Waals surface area (Å²) in [6.07, 6.45) is 0.670. The van der Waals surface area contributed by atoms with Gasteiger partial charge in [0.2, 0.25) is 5.76 Å². The average Bonchev–Trinajstić information content (AvgIpc) is 2.92. The Bertz CT molecular complexity index is 608. The SMILES string of the molecule is CCc1nc(C)c(C(=O)N[C@H](C)c2c(C)n[nH]c2C)o1. The van der Waals surface area contributed by atoms with Crippen LogP contribution in [0.5, 0.6) is 0 Å². The predicted molar refractivity (Wildman–Crippen MR) is 74.6 cm³/mol. The predicted octanol–water partition coefficient (Wildman–Crippen LogP) is 2.38. The summed E-state index contributed by atoms with van der Waals surface area (Å²) in [5, 5.41) is 9.98. The maximum Gasteiger partial charge on any atom is 0.289 e. The molecule has 0 aliphatic rings. The first-order valence-corrected chi connectivity index (χ1v) is 6.72. The van der Waals surface area contributed by atoms with E-state index in [0.29, 0.717) is 18.0 Å². The van der Waals surface area contributed by atoms with Gasteiger partial charge in [-0.15, -0.1) is 0 Å². The zero-order valence-electron chi connectivity index (χ0n) is 12.5. The molecule has 2 N–H and O–H groups in total. The zero-order chi connectivity index (χ0) is 14.9. The van der Waals surface area contributed by atoms with Crippen LogP contribution in [-0.2, 0) is 6.42 Å². The van der Waals surface area contributed by atoms with Gasteiger partial charge < -0.3 is 9.73 Å². The molecule has 0 saturated heterocycles. The van der Waals surface area contributed by atoms with E-state index < -0.39 is 0 Å². The number of carbonyl (C=O) groups excluding carboxylic acids is 1. The lowest BCUT2D eigenvalue weighted by Crippen LogP contribution is -2.27. The number of rotatable bonds is 4. The minimum absolute atomic E-state index is 0.143. The van der Waals surface area contributed by atoms with Crippen molar-refractivity contribution in [3.8, 4) is 0 Å². The second kappa shape index (κ2) is 5.48. The highest BCUT2D eigenvalue weighted by molar-refractivity contribution is 5.92. The van der Waals surface area contributed by atoms with Crippen molar-refractivity contribution in [1.29, 1.82) is 0 Å². The zero-order valence-corrected chi connectivity index (χ0v) is 12.5. The quantitative estimate of drug-likeness (QED) is 0.898. The van der Waals surface area contributed by atoms with Gasteiger partial charge in [-0.05, 0) is 27.7 Å². The smallest absolute Gasteiger partial charge is 0.289 e. The Labute approximate surface area is 118 Å². The second-order valence-corrected chi connectivity index (χ2v) is 4.92. The van der Waals surface area contributed by atoms with Crippen LogP contribution >= 0.6 is 0 Å². The molecule has 0 fully saturated rings. The van der Waals surface area contributed by atoms with E-state index in [0.717, 1.165) is 17.0 Å². The molecule has 20 heavy (non-hydrogen) atoms. The Morgan fingerprint density at radius 2 is 2.05 bits per heavy atom. The van der Waals surface area contributed by atoms with E-state index in [4.69, 9.17) is 4.42 Å². The first-order valence-electron chi connectivity index (χ1n) is 6.72. The highest BCUT2D eigenvalue weighted by atomic mass is 16.4. The van der Waals surface area contributed by atoms with Gasteiger partial charge in [-0.2, -0.15) is 5.10 Å². The molecule has 6 heteroatoms. The van der Waals surface area contributed by atoms with E-state index in [1.165, 1.54) is 0 Å². The van der Waals surface area contributed by atoms with E-state index in [1.807, 2.05) is 27.7 Å². The van der Waals surface area contributed by atoms with Crippen LogP contribution in [0, 0.1) is 20.8 Å². The van der Waals surface area contributed by atoms with Crippen molar-refractivity contribution < 1.29 is 9.21 Å². The number of H-pyrrole nitrogens is 1. The molecule has 0 spiro atoms. The van der Waals surface area contributed by atoms with Crippen molar-refractivity contribution in [2.75, 3.05) is 0 Å². The molecule has 6 nitrogen and oxygen atoms in total. The highest BCUT2D eigenvalue weighted by Crippen LogP contribution is 2.20. The Balaban J connectivity index is 2.17. The number of aryl methyl sites for hydroxylation is 4. The van der Waals surface area contributed by atoms with Crippen molar-refractivity contribution in [3.05, 3.63) is 34.3 Å². The van der Waals surface area contributed by atoms with Crippen molar-refractivity contribution in [1.82, 2.24) is 20.5 Å². The molecule has 0 saturated carbocycles. The summed E-state index contributed by atoms with van der Waals surface area (Å²) < 4.78 is 5.46. The summed E-state index contributed by atoms with van der Waals surface area (Å²) in [6, 6.07) is -0.143. The largest absolute Gasteiger partial charge is 0.435 e. The van der Waals surface area contributed by atoms with Crippen molar-refractivity contribution in [3.63, 3.8) is 0 Å². The van der Waals surface area contributed by atoms with E-state index in [9.17, 15) is 4.79 Å². The molecule has 2 rings (SSSR count). The van der Waals surface area contributed by atoms with Crippen LogP contribution in [0.1, 0.15) is 59.0 Å². The molecule has 0 unspecified atom stereocenters. The Morgan fingerprint density at radius 1 is 1.35 bits per heavy atom. The monoisotopic (exact) mass is 276 g/mol. The normalized spacial score (nSPS) is 12.4. The van der Waals surface area contributed by atoms with E-state index in [-0.39, 0.29) is 17.7 Å². The van der Waals surface area contributed by atoms with Gasteiger partial charge >= 0.3 is 0 Å². The maximum atomic E-state index is 12.2. The van der Waals surface area contributed by atoms with Gasteiger partial charge in [0.1, 0.15) is 0 Å². The summed E-state index contributed by atoms with van der Waals surface area (Å²) in [5.41, 5.74) is 3.47. The second-order valence-electron chi connectivity index (χ2n) is 4.92. The molecule has 0 aliphatic heterocycles. The van der Waals surface area contributed by atoms with Gasteiger partial charge in [-0.25, -0.2) is 4.98 Å². The number of oxazole rings is 1. The standard InChI is InChI=1S/C14H20N4O2/c1-6-11-15-10(5)13(20-11)14(19)16-7(2)12-8(3)17-18-9(12)4/h7H,6H2,1-5H3,(H,16,19)(H,17,18)/t7-/m1/s1. The number of aromatic amines is 1. The molecule has 1 atom stereocenters. The summed E-state index contributed by atoms with van der Waals surface area (Å²) in [4.78, 5) is 16.5. The minimum atomic E-state index is -0.248. The van der Waals surface area contributed by atoms with Gasteiger partial charge in [0.05, 0.1) is 17.4 Å². The Morgan fingerprint density at radius 3 is 2.55 bits per heavy atom. The van der Waals surface area contributed by atoms with Crippen LogP contribution in [-0.4, -0.2) is 21.1 Å². The fourth-order valence-corrected chi connectivity index (χ4v) is 2.35. The average molecular weight is 276 g/mol. The van der Waals surface area contributed by atoms with E-state index in [2.05, 4.69) is 20.5 Å². The molecule has 2 aromatic rings. The lowest BCUT2D eigenvalue weighted by atomic mass is 10.1. The lowest BCUT2D eigenvalue weighted by molar-refractivity contribution is 0.0909.